The van der Waals surface area contributed by atoms with E-state index in [1.165, 1.54) is 0 Å². The van der Waals surface area contributed by atoms with Crippen LogP contribution in [0.3, 0.4) is 0 Å². The van der Waals surface area contributed by atoms with Gasteiger partial charge in [-0.15, -0.1) is 0 Å². The zero-order valence-corrected chi connectivity index (χ0v) is 22.2. The van der Waals surface area contributed by atoms with E-state index < -0.39 is 135 Å². The van der Waals surface area contributed by atoms with Gasteiger partial charge in [-0.1, -0.05) is 0 Å². The van der Waals surface area contributed by atoms with E-state index in [-0.39, 0.29) is 0 Å². The SMILES string of the molecule is O=C(O)CC(O)C(=O)OC[C@H](OC(=O)C(O)CC(=O)O)[C@@H](OC(=O)C(O)CC(=O)O)[C@H](OC(=O)C(O)CC(=O)O)[C@H](O)CO. The lowest BCUT2D eigenvalue weighted by Crippen LogP contribution is -2.55. The average molecular weight is 646 g/mol. The molecule has 0 saturated carbocycles. The Hall–Kier alpha value is -4.48. The summed E-state index contributed by atoms with van der Waals surface area (Å²) >= 11 is 0. The highest BCUT2D eigenvalue weighted by atomic mass is 16.6. The summed E-state index contributed by atoms with van der Waals surface area (Å²) in [6.45, 7) is -2.89. The van der Waals surface area contributed by atoms with Crippen LogP contribution in [-0.4, -0.2) is 161 Å². The largest absolute Gasteiger partial charge is 0.481 e. The van der Waals surface area contributed by atoms with Crippen molar-refractivity contribution in [3.05, 3.63) is 0 Å². The third-order valence-electron chi connectivity index (χ3n) is 4.98. The third kappa shape index (κ3) is 14.6. The number of rotatable bonds is 21. The molecule has 8 atom stereocenters. The molecule has 0 aliphatic rings. The summed E-state index contributed by atoms with van der Waals surface area (Å²) in [6.07, 6.45) is -25.2. The van der Waals surface area contributed by atoms with Crippen LogP contribution < -0.4 is 0 Å². The van der Waals surface area contributed by atoms with Crippen molar-refractivity contribution in [2.45, 2.75) is 74.5 Å². The van der Waals surface area contributed by atoms with Gasteiger partial charge in [-0.05, 0) is 0 Å². The van der Waals surface area contributed by atoms with E-state index >= 15 is 0 Å². The Bertz CT molecular complexity index is 1050. The van der Waals surface area contributed by atoms with Crippen molar-refractivity contribution >= 4 is 47.8 Å². The first-order valence-electron chi connectivity index (χ1n) is 12.0. The van der Waals surface area contributed by atoms with Crippen LogP contribution in [0.5, 0.6) is 0 Å². The van der Waals surface area contributed by atoms with Crippen molar-refractivity contribution in [2.24, 2.45) is 0 Å². The maximum Gasteiger partial charge on any atom is 0.336 e. The van der Waals surface area contributed by atoms with Crippen LogP contribution in [-0.2, 0) is 57.3 Å². The molecule has 22 nitrogen and oxygen atoms in total. The summed E-state index contributed by atoms with van der Waals surface area (Å²) in [5, 5.41) is 94.0. The second kappa shape index (κ2) is 18.9. The monoisotopic (exact) mass is 646 g/mol. The number of aliphatic carboxylic acids is 4. The predicted octanol–water partition coefficient (Wildman–Crippen LogP) is -6.04. The molecule has 0 aliphatic carbocycles. The van der Waals surface area contributed by atoms with Crippen LogP contribution in [0.4, 0.5) is 0 Å². The molecule has 0 aromatic rings. The average Bonchev–Trinajstić information content (AvgIpc) is 2.90. The van der Waals surface area contributed by atoms with Crippen molar-refractivity contribution in [1.82, 2.24) is 0 Å². The molecule has 0 heterocycles. The van der Waals surface area contributed by atoms with Gasteiger partial charge in [-0.2, -0.15) is 0 Å². The smallest absolute Gasteiger partial charge is 0.336 e. The Labute approximate surface area is 244 Å². The van der Waals surface area contributed by atoms with E-state index in [1.807, 2.05) is 0 Å². The van der Waals surface area contributed by atoms with E-state index in [0.29, 0.717) is 0 Å². The highest BCUT2D eigenvalue weighted by Gasteiger charge is 2.45. The topological polar surface area (TPSA) is 376 Å². The molecule has 0 rings (SSSR count). The Morgan fingerprint density at radius 2 is 0.795 bits per heavy atom. The number of carboxylic acids is 4. The van der Waals surface area contributed by atoms with Crippen LogP contribution in [0.15, 0.2) is 0 Å². The second-order valence-electron chi connectivity index (χ2n) is 8.61. The first-order valence-corrected chi connectivity index (χ1v) is 12.0. The van der Waals surface area contributed by atoms with Gasteiger partial charge in [-0.25, -0.2) is 19.2 Å². The van der Waals surface area contributed by atoms with Crippen LogP contribution in [0.2, 0.25) is 0 Å². The van der Waals surface area contributed by atoms with Crippen molar-refractivity contribution in [3.8, 4) is 0 Å². The molecular formula is C22H30O22. The standard InChI is InChI=1S/C22H30O22/c23-5-11(28)17(43-21(39)9(26)3-15(33)34)18(44-22(40)10(27)4-16(35)36)12(42-20(38)8(25)2-14(31)32)6-41-19(37)7(24)1-13(29)30/h7-12,17-18,23-28H,1-6H2,(H,29,30)(H,31,32)(H,33,34)(H,35,36)/t7?,8?,9?,10?,11-,12+,17-,18-/m1/s1. The van der Waals surface area contributed by atoms with Crippen molar-refractivity contribution in [3.63, 3.8) is 0 Å². The fraction of sp³-hybridized carbons (Fsp3) is 0.636. The Kier molecular flexibility index (Phi) is 17.0. The number of ether oxygens (including phenoxy) is 4. The Morgan fingerprint density at radius 1 is 0.477 bits per heavy atom. The first kappa shape index (κ1) is 39.5. The molecule has 0 aromatic carbocycles. The maximum absolute atomic E-state index is 12.5. The van der Waals surface area contributed by atoms with Crippen LogP contribution >= 0.6 is 0 Å². The Morgan fingerprint density at radius 3 is 1.14 bits per heavy atom. The lowest BCUT2D eigenvalue weighted by molar-refractivity contribution is -0.212. The summed E-state index contributed by atoms with van der Waals surface area (Å²) < 4.78 is 18.9. The van der Waals surface area contributed by atoms with Gasteiger partial charge in [0.25, 0.3) is 0 Å². The van der Waals surface area contributed by atoms with Crippen LogP contribution in [0.25, 0.3) is 0 Å². The first-order chi connectivity index (χ1) is 20.3. The zero-order valence-electron chi connectivity index (χ0n) is 22.2. The van der Waals surface area contributed by atoms with Gasteiger partial charge in [0.15, 0.2) is 42.7 Å². The molecule has 250 valence electrons. The molecule has 4 unspecified atom stereocenters. The van der Waals surface area contributed by atoms with E-state index in [4.69, 9.17) is 34.6 Å². The number of carboxylic acid groups (broad SMARTS) is 4. The van der Waals surface area contributed by atoms with Crippen molar-refractivity contribution in [1.29, 1.82) is 0 Å². The molecule has 0 radical (unpaired) electrons. The number of aliphatic hydroxyl groups excluding tert-OH is 6. The van der Waals surface area contributed by atoms with Gasteiger partial charge in [0.05, 0.1) is 32.3 Å². The quantitative estimate of drug-likeness (QED) is 0.0409. The molecule has 10 N–H and O–H groups in total. The van der Waals surface area contributed by atoms with Crippen LogP contribution in [0, 0.1) is 0 Å². The van der Waals surface area contributed by atoms with Crippen LogP contribution in [0.1, 0.15) is 25.7 Å². The number of hydrogen-bond donors (Lipinski definition) is 10. The fourth-order valence-corrected chi connectivity index (χ4v) is 2.93. The van der Waals surface area contributed by atoms with Gasteiger partial charge >= 0.3 is 47.8 Å². The predicted molar refractivity (Wildman–Crippen MR) is 127 cm³/mol. The summed E-state index contributed by atoms with van der Waals surface area (Å²) in [6, 6.07) is 0. The number of carbonyl (C=O) groups excluding carboxylic acids is 4. The minimum absolute atomic E-state index is 1.23. The lowest BCUT2D eigenvalue weighted by Gasteiger charge is -2.35. The molecule has 0 aromatic heterocycles. The normalized spacial score (nSPS) is 16.4. The molecule has 0 amide bonds. The van der Waals surface area contributed by atoms with E-state index in [1.54, 1.807) is 0 Å². The van der Waals surface area contributed by atoms with Gasteiger partial charge in [0, 0.05) is 0 Å². The second-order valence-corrected chi connectivity index (χ2v) is 8.61. The molecule has 44 heavy (non-hydrogen) atoms. The molecule has 0 aliphatic heterocycles. The molecule has 0 bridgehead atoms. The van der Waals surface area contributed by atoms with Gasteiger partial charge in [0.2, 0.25) is 0 Å². The number of hydrogen-bond acceptors (Lipinski definition) is 18. The van der Waals surface area contributed by atoms with E-state index in [9.17, 15) is 69.0 Å². The summed E-state index contributed by atoms with van der Waals surface area (Å²) in [5.74, 6) is -14.4. The molecular weight excluding hydrogens is 616 g/mol. The highest BCUT2D eigenvalue weighted by Crippen LogP contribution is 2.21. The van der Waals surface area contributed by atoms with E-state index in [2.05, 4.69) is 4.74 Å². The third-order valence-corrected chi connectivity index (χ3v) is 4.98. The van der Waals surface area contributed by atoms with Gasteiger partial charge in [-0.3, -0.25) is 19.2 Å². The minimum atomic E-state index is -2.64. The summed E-state index contributed by atoms with van der Waals surface area (Å²) in [7, 11) is 0. The van der Waals surface area contributed by atoms with Crippen molar-refractivity contribution in [2.75, 3.05) is 13.2 Å². The van der Waals surface area contributed by atoms with Gasteiger partial charge in [0.1, 0.15) is 12.7 Å². The molecule has 22 heteroatoms. The highest BCUT2D eigenvalue weighted by molar-refractivity contribution is 5.83. The maximum atomic E-state index is 12.5. The summed E-state index contributed by atoms with van der Waals surface area (Å²) in [4.78, 5) is 92.7. The fourth-order valence-electron chi connectivity index (χ4n) is 2.93. The minimum Gasteiger partial charge on any atom is -0.481 e. The van der Waals surface area contributed by atoms with E-state index in [0.717, 1.165) is 0 Å². The Balaban J connectivity index is 6.80. The number of esters is 4. The number of carbonyl (C=O) groups is 8. The summed E-state index contributed by atoms with van der Waals surface area (Å²) in [5.41, 5.74) is 0. The number of aliphatic hydroxyl groups is 6. The molecule has 0 saturated heterocycles. The molecule has 0 spiro atoms. The zero-order chi connectivity index (χ0) is 34.3. The lowest BCUT2D eigenvalue weighted by atomic mass is 10.0. The molecule has 0 fully saturated rings. The van der Waals surface area contributed by atoms with Crippen molar-refractivity contribution < 1.29 is 108 Å². The van der Waals surface area contributed by atoms with Gasteiger partial charge < -0.3 is 70.0 Å².